The number of nitrogens with two attached hydrogens (primary N) is 1. The molecule has 7 nitrogen and oxygen atoms in total. The number of sulfonamides is 1. The van der Waals surface area contributed by atoms with E-state index in [-0.39, 0.29) is 40.1 Å². The van der Waals surface area contributed by atoms with Crippen molar-refractivity contribution in [2.24, 2.45) is 5.73 Å². The average Bonchev–Trinajstić information content (AvgIpc) is 2.31. The zero-order chi connectivity index (χ0) is 14.8. The average molecular weight is 344 g/mol. The van der Waals surface area contributed by atoms with Crippen molar-refractivity contribution in [3.05, 3.63) is 32.8 Å². The molecule has 0 heterocycles. The second-order valence-corrected chi connectivity index (χ2v) is 6.19. The van der Waals surface area contributed by atoms with Crippen LogP contribution in [0.25, 0.3) is 0 Å². The SMILES string of the molecule is Cc1c(Cl)cc(S(=O)(=O)N[C@H](C)CN)cc1[N+](=O)[O-].Cl. The molecule has 10 heteroatoms. The number of halogens is 2. The minimum Gasteiger partial charge on any atom is -0.329 e. The van der Waals surface area contributed by atoms with Gasteiger partial charge in [-0.2, -0.15) is 0 Å². The van der Waals surface area contributed by atoms with Crippen LogP contribution in [-0.4, -0.2) is 25.9 Å². The summed E-state index contributed by atoms with van der Waals surface area (Å²) in [7, 11) is -3.89. The van der Waals surface area contributed by atoms with Crippen LogP contribution < -0.4 is 10.5 Å². The number of nitro benzene ring substituents is 1. The van der Waals surface area contributed by atoms with Gasteiger partial charge < -0.3 is 5.73 Å². The monoisotopic (exact) mass is 343 g/mol. The van der Waals surface area contributed by atoms with Crippen LogP contribution in [0.4, 0.5) is 5.69 Å². The van der Waals surface area contributed by atoms with Crippen molar-refractivity contribution in [3.63, 3.8) is 0 Å². The second-order valence-electron chi connectivity index (χ2n) is 4.06. The van der Waals surface area contributed by atoms with Crippen molar-refractivity contribution in [2.75, 3.05) is 6.54 Å². The number of nitro groups is 1. The fourth-order valence-corrected chi connectivity index (χ4v) is 2.95. The standard InChI is InChI=1S/C10H14ClN3O4S.ClH/c1-6(5-12)13-19(17,18)8-3-9(11)7(2)10(4-8)14(15)16;/h3-4,6,13H,5,12H2,1-2H3;1H/t6-;/m1./s1. The van der Waals surface area contributed by atoms with E-state index in [2.05, 4.69) is 4.72 Å². The summed E-state index contributed by atoms with van der Waals surface area (Å²) >= 11 is 5.82. The molecule has 0 aliphatic rings. The van der Waals surface area contributed by atoms with Gasteiger partial charge in [0, 0.05) is 24.2 Å². The van der Waals surface area contributed by atoms with Gasteiger partial charge in [0.15, 0.2) is 0 Å². The van der Waals surface area contributed by atoms with Crippen molar-refractivity contribution in [2.45, 2.75) is 24.8 Å². The molecule has 0 bridgehead atoms. The molecule has 1 rings (SSSR count). The maximum absolute atomic E-state index is 12.0. The van der Waals surface area contributed by atoms with Gasteiger partial charge in [-0.05, 0) is 19.9 Å². The summed E-state index contributed by atoms with van der Waals surface area (Å²) in [5.41, 5.74) is 5.21. The van der Waals surface area contributed by atoms with Gasteiger partial charge in [0.05, 0.1) is 14.8 Å². The predicted molar refractivity (Wildman–Crippen MR) is 78.9 cm³/mol. The van der Waals surface area contributed by atoms with Crippen LogP contribution in [0.5, 0.6) is 0 Å². The Labute approximate surface area is 128 Å². The minimum absolute atomic E-state index is 0. The van der Waals surface area contributed by atoms with Gasteiger partial charge >= 0.3 is 0 Å². The predicted octanol–water partition coefficient (Wildman–Crippen LogP) is 1.60. The Balaban J connectivity index is 0.00000361. The third kappa shape index (κ3) is 4.29. The Morgan fingerprint density at radius 3 is 2.50 bits per heavy atom. The Morgan fingerprint density at radius 1 is 1.50 bits per heavy atom. The van der Waals surface area contributed by atoms with Crippen molar-refractivity contribution < 1.29 is 13.3 Å². The van der Waals surface area contributed by atoms with Crippen molar-refractivity contribution in [1.29, 1.82) is 0 Å². The van der Waals surface area contributed by atoms with Crippen molar-refractivity contribution >= 4 is 39.7 Å². The van der Waals surface area contributed by atoms with Gasteiger partial charge in [-0.25, -0.2) is 13.1 Å². The summed E-state index contributed by atoms with van der Waals surface area (Å²) in [5, 5.41) is 10.9. The zero-order valence-electron chi connectivity index (χ0n) is 10.8. The van der Waals surface area contributed by atoms with E-state index in [9.17, 15) is 18.5 Å². The van der Waals surface area contributed by atoms with Crippen LogP contribution >= 0.6 is 24.0 Å². The summed E-state index contributed by atoms with van der Waals surface area (Å²) < 4.78 is 26.3. The third-order valence-electron chi connectivity index (χ3n) is 2.51. The zero-order valence-corrected chi connectivity index (χ0v) is 13.2. The van der Waals surface area contributed by atoms with Crippen molar-refractivity contribution in [1.82, 2.24) is 4.72 Å². The Kier molecular flexibility index (Phi) is 6.85. The molecule has 0 saturated carbocycles. The van der Waals surface area contributed by atoms with E-state index in [4.69, 9.17) is 17.3 Å². The summed E-state index contributed by atoms with van der Waals surface area (Å²) in [5.74, 6) is 0. The first-order chi connectivity index (χ1) is 8.69. The van der Waals surface area contributed by atoms with Crippen LogP contribution in [0.2, 0.25) is 5.02 Å². The molecule has 20 heavy (non-hydrogen) atoms. The summed E-state index contributed by atoms with van der Waals surface area (Å²) in [4.78, 5) is 9.91. The molecule has 0 amide bonds. The first-order valence-corrected chi connectivity index (χ1v) is 7.22. The topological polar surface area (TPSA) is 115 Å². The molecule has 0 spiro atoms. The molecule has 3 N–H and O–H groups in total. The molecule has 0 aromatic heterocycles. The Morgan fingerprint density at radius 2 is 2.05 bits per heavy atom. The van der Waals surface area contributed by atoms with Crippen LogP contribution in [0.1, 0.15) is 12.5 Å². The molecule has 1 aromatic rings. The lowest BCUT2D eigenvalue weighted by molar-refractivity contribution is -0.385. The Hall–Kier alpha value is -0.930. The number of nitrogens with zero attached hydrogens (tertiary/aromatic N) is 1. The molecule has 0 radical (unpaired) electrons. The first-order valence-electron chi connectivity index (χ1n) is 5.36. The Bertz CT molecular complexity index is 607. The molecule has 0 saturated heterocycles. The highest BCUT2D eigenvalue weighted by atomic mass is 35.5. The molecule has 114 valence electrons. The smallest absolute Gasteiger partial charge is 0.275 e. The lowest BCUT2D eigenvalue weighted by Gasteiger charge is -2.12. The van der Waals surface area contributed by atoms with E-state index in [1.165, 1.54) is 13.0 Å². The number of benzene rings is 1. The maximum Gasteiger partial charge on any atom is 0.275 e. The van der Waals surface area contributed by atoms with E-state index in [1.54, 1.807) is 6.92 Å². The van der Waals surface area contributed by atoms with Gasteiger partial charge in [0.25, 0.3) is 5.69 Å². The first kappa shape index (κ1) is 19.1. The molecule has 0 unspecified atom stereocenters. The molecule has 0 aliphatic heterocycles. The van der Waals surface area contributed by atoms with E-state index in [1.807, 2.05) is 0 Å². The molecule has 0 fully saturated rings. The van der Waals surface area contributed by atoms with E-state index >= 15 is 0 Å². The molecule has 1 aromatic carbocycles. The summed E-state index contributed by atoms with van der Waals surface area (Å²) in [6.07, 6.45) is 0. The van der Waals surface area contributed by atoms with Gasteiger partial charge in [-0.15, -0.1) is 12.4 Å². The highest BCUT2D eigenvalue weighted by Gasteiger charge is 2.23. The highest BCUT2D eigenvalue weighted by Crippen LogP contribution is 2.29. The van der Waals surface area contributed by atoms with Crippen LogP contribution in [-0.2, 0) is 10.0 Å². The lowest BCUT2D eigenvalue weighted by Crippen LogP contribution is -2.37. The maximum atomic E-state index is 12.0. The van der Waals surface area contributed by atoms with Gasteiger partial charge in [-0.1, -0.05) is 11.6 Å². The number of hydrogen-bond acceptors (Lipinski definition) is 5. The number of hydrogen-bond donors (Lipinski definition) is 2. The highest BCUT2D eigenvalue weighted by molar-refractivity contribution is 7.89. The van der Waals surface area contributed by atoms with E-state index in [0.717, 1.165) is 6.07 Å². The van der Waals surface area contributed by atoms with Crippen LogP contribution in [0.3, 0.4) is 0 Å². The van der Waals surface area contributed by atoms with Gasteiger partial charge in [-0.3, -0.25) is 10.1 Å². The number of rotatable bonds is 5. The van der Waals surface area contributed by atoms with E-state index in [0.29, 0.717) is 0 Å². The van der Waals surface area contributed by atoms with Gasteiger partial charge in [0.1, 0.15) is 0 Å². The molecule has 1 atom stereocenters. The second kappa shape index (κ2) is 7.19. The largest absolute Gasteiger partial charge is 0.329 e. The fourth-order valence-electron chi connectivity index (χ4n) is 1.37. The summed E-state index contributed by atoms with van der Waals surface area (Å²) in [6.45, 7) is 3.15. The van der Waals surface area contributed by atoms with Crippen LogP contribution in [0.15, 0.2) is 17.0 Å². The molecule has 0 aliphatic carbocycles. The van der Waals surface area contributed by atoms with Crippen molar-refractivity contribution in [3.8, 4) is 0 Å². The molecular formula is C10H15Cl2N3O4S. The third-order valence-corrected chi connectivity index (χ3v) is 4.47. The number of nitrogens with one attached hydrogen (secondary N) is 1. The van der Waals surface area contributed by atoms with Gasteiger partial charge in [0.2, 0.25) is 10.0 Å². The van der Waals surface area contributed by atoms with E-state index < -0.39 is 21.0 Å². The fraction of sp³-hybridized carbons (Fsp3) is 0.400. The quantitative estimate of drug-likeness (QED) is 0.622. The molecular weight excluding hydrogens is 329 g/mol. The van der Waals surface area contributed by atoms with Crippen LogP contribution in [0, 0.1) is 17.0 Å². The summed E-state index contributed by atoms with van der Waals surface area (Å²) in [6, 6.07) is 1.67. The minimum atomic E-state index is -3.89. The normalized spacial score (nSPS) is 12.6. The lowest BCUT2D eigenvalue weighted by atomic mass is 10.2.